The van der Waals surface area contributed by atoms with Crippen molar-refractivity contribution in [2.24, 2.45) is 0 Å². The van der Waals surface area contributed by atoms with E-state index in [2.05, 4.69) is 4.72 Å². The van der Waals surface area contributed by atoms with Gasteiger partial charge >= 0.3 is 5.97 Å². The van der Waals surface area contributed by atoms with Crippen LogP contribution in [0.2, 0.25) is 5.02 Å². The van der Waals surface area contributed by atoms with Crippen LogP contribution in [-0.4, -0.2) is 26.3 Å². The van der Waals surface area contributed by atoms with E-state index in [4.69, 9.17) is 16.3 Å². The van der Waals surface area contributed by atoms with E-state index < -0.39 is 27.9 Å². The summed E-state index contributed by atoms with van der Waals surface area (Å²) in [6.07, 6.45) is -0.841. The van der Waals surface area contributed by atoms with E-state index in [0.29, 0.717) is 5.56 Å². The van der Waals surface area contributed by atoms with Crippen molar-refractivity contribution < 1.29 is 27.1 Å². The molecule has 0 aliphatic rings. The third kappa shape index (κ3) is 5.59. The average molecular weight is 414 g/mol. The lowest BCUT2D eigenvalue weighted by molar-refractivity contribution is -0.124. The smallest absolute Gasteiger partial charge is 0.338 e. The molecule has 0 fully saturated rings. The molecule has 2 aromatic carbocycles. The number of nitrogens with one attached hydrogen (secondary N) is 1. The monoisotopic (exact) mass is 413 g/mol. The average Bonchev–Trinajstić information content (AvgIpc) is 2.62. The maximum atomic E-state index is 13.2. The fraction of sp³-hybridized carbons (Fsp3) is 0.222. The predicted octanol–water partition coefficient (Wildman–Crippen LogP) is 3.09. The molecule has 0 unspecified atom stereocenters. The number of rotatable bonds is 7. The molecule has 0 heterocycles. The fourth-order valence-corrected chi connectivity index (χ4v) is 3.26. The Morgan fingerprint density at radius 2 is 1.81 bits per heavy atom. The molecule has 0 saturated heterocycles. The summed E-state index contributed by atoms with van der Waals surface area (Å²) in [6.45, 7) is 2.75. The maximum Gasteiger partial charge on any atom is 0.338 e. The highest BCUT2D eigenvalue weighted by Gasteiger charge is 2.17. The topological polar surface area (TPSA) is 89.5 Å². The Bertz CT molecular complexity index is 960. The summed E-state index contributed by atoms with van der Waals surface area (Å²) in [7, 11) is -3.88. The Kier molecular flexibility index (Phi) is 6.69. The van der Waals surface area contributed by atoms with Crippen molar-refractivity contribution in [1.29, 1.82) is 0 Å². The van der Waals surface area contributed by atoms with Gasteiger partial charge in [-0.05, 0) is 49.7 Å². The molecule has 1 N–H and O–H groups in total. The van der Waals surface area contributed by atoms with Crippen molar-refractivity contribution in [1.82, 2.24) is 4.72 Å². The molecule has 2 rings (SSSR count). The van der Waals surface area contributed by atoms with Gasteiger partial charge in [0.25, 0.3) is 0 Å². The Labute approximate surface area is 161 Å². The highest BCUT2D eigenvalue weighted by Crippen LogP contribution is 2.19. The zero-order valence-corrected chi connectivity index (χ0v) is 16.1. The van der Waals surface area contributed by atoms with Gasteiger partial charge in [-0.25, -0.2) is 22.3 Å². The highest BCUT2D eigenvalue weighted by atomic mass is 35.5. The molecule has 6 nitrogen and oxygen atoms in total. The van der Waals surface area contributed by atoms with Gasteiger partial charge in [0.2, 0.25) is 10.0 Å². The van der Waals surface area contributed by atoms with E-state index in [1.807, 2.05) is 0 Å². The second-order valence-corrected chi connectivity index (χ2v) is 7.93. The number of benzene rings is 2. The lowest BCUT2D eigenvalue weighted by atomic mass is 10.1. The van der Waals surface area contributed by atoms with Gasteiger partial charge in [0.15, 0.2) is 11.9 Å². The molecule has 0 radical (unpaired) electrons. The van der Waals surface area contributed by atoms with Gasteiger partial charge in [-0.1, -0.05) is 23.7 Å². The van der Waals surface area contributed by atoms with Crippen LogP contribution < -0.4 is 4.72 Å². The van der Waals surface area contributed by atoms with Crippen LogP contribution in [-0.2, 0) is 26.1 Å². The van der Waals surface area contributed by atoms with Gasteiger partial charge in [-0.2, -0.15) is 0 Å². The molecule has 0 bridgehead atoms. The summed E-state index contributed by atoms with van der Waals surface area (Å²) in [6, 6.07) is 9.14. The van der Waals surface area contributed by atoms with Crippen LogP contribution in [0.4, 0.5) is 4.39 Å². The third-order valence-electron chi connectivity index (χ3n) is 3.71. The van der Waals surface area contributed by atoms with E-state index in [-0.39, 0.29) is 27.8 Å². The largest absolute Gasteiger partial charge is 0.451 e. The lowest BCUT2D eigenvalue weighted by Crippen LogP contribution is -2.23. The first kappa shape index (κ1) is 21.0. The van der Waals surface area contributed by atoms with Crippen LogP contribution in [0.3, 0.4) is 0 Å². The number of ether oxygens (including phenoxy) is 1. The Morgan fingerprint density at radius 1 is 1.19 bits per heavy atom. The molecule has 0 aromatic heterocycles. The Hall–Kier alpha value is -2.29. The minimum Gasteiger partial charge on any atom is -0.451 e. The number of esters is 1. The van der Waals surface area contributed by atoms with Crippen molar-refractivity contribution in [3.63, 3.8) is 0 Å². The minimum absolute atomic E-state index is 0.0451. The number of hydrogen-bond donors (Lipinski definition) is 1. The van der Waals surface area contributed by atoms with Crippen LogP contribution >= 0.6 is 11.6 Å². The van der Waals surface area contributed by atoms with Crippen molar-refractivity contribution in [3.05, 3.63) is 64.4 Å². The molecule has 0 spiro atoms. The number of hydrogen-bond acceptors (Lipinski definition) is 5. The number of Topliss-reactive ketones (excluding diaryl/α,β-unsaturated/α-hetero) is 1. The molecule has 1 atom stereocenters. The second-order valence-electron chi connectivity index (χ2n) is 5.76. The number of ketones is 1. The minimum atomic E-state index is -3.88. The molecule has 0 saturated carbocycles. The van der Waals surface area contributed by atoms with Gasteiger partial charge in [0.1, 0.15) is 5.82 Å². The van der Waals surface area contributed by atoms with Crippen molar-refractivity contribution in [2.45, 2.75) is 31.4 Å². The van der Waals surface area contributed by atoms with Crippen LogP contribution in [0, 0.1) is 5.82 Å². The van der Waals surface area contributed by atoms with Crippen LogP contribution in [0.1, 0.15) is 29.8 Å². The van der Waals surface area contributed by atoms with Crippen LogP contribution in [0.15, 0.2) is 47.4 Å². The number of sulfonamides is 1. The van der Waals surface area contributed by atoms with Gasteiger partial charge < -0.3 is 4.74 Å². The SMILES string of the molecule is CC(=O)[C@@H](C)OC(=O)c1ccc(CNS(=O)(=O)c2ccc(F)c(Cl)c2)cc1. The summed E-state index contributed by atoms with van der Waals surface area (Å²) in [5, 5.41) is -0.291. The van der Waals surface area contributed by atoms with Gasteiger partial charge in [0.05, 0.1) is 15.5 Å². The molecule has 144 valence electrons. The molecule has 0 aliphatic heterocycles. The Morgan fingerprint density at radius 3 is 2.37 bits per heavy atom. The molecule has 2 aromatic rings. The van der Waals surface area contributed by atoms with Gasteiger partial charge in [-0.15, -0.1) is 0 Å². The quantitative estimate of drug-likeness (QED) is 0.704. The van der Waals surface area contributed by atoms with E-state index in [1.165, 1.54) is 26.0 Å². The van der Waals surface area contributed by atoms with Crippen LogP contribution in [0.5, 0.6) is 0 Å². The summed E-state index contributed by atoms with van der Waals surface area (Å²) in [4.78, 5) is 22.9. The fourth-order valence-electron chi connectivity index (χ4n) is 1.98. The maximum absolute atomic E-state index is 13.2. The first-order valence-electron chi connectivity index (χ1n) is 7.85. The van der Waals surface area contributed by atoms with Crippen molar-refractivity contribution in [2.75, 3.05) is 0 Å². The molecular weight excluding hydrogens is 397 g/mol. The number of carbonyl (C=O) groups is 2. The first-order valence-corrected chi connectivity index (χ1v) is 9.71. The summed E-state index contributed by atoms with van der Waals surface area (Å²) in [5.74, 6) is -1.63. The normalized spacial score (nSPS) is 12.4. The Balaban J connectivity index is 2.03. The van der Waals surface area contributed by atoms with Gasteiger partial charge in [-0.3, -0.25) is 4.79 Å². The van der Waals surface area contributed by atoms with Gasteiger partial charge in [0, 0.05) is 6.54 Å². The zero-order chi connectivity index (χ0) is 20.2. The predicted molar refractivity (Wildman–Crippen MR) is 97.4 cm³/mol. The summed E-state index contributed by atoms with van der Waals surface area (Å²) >= 11 is 5.61. The summed E-state index contributed by atoms with van der Waals surface area (Å²) < 4.78 is 45.0. The molecule has 0 amide bonds. The standard InChI is InChI=1S/C18H17ClFNO5S/c1-11(22)12(2)26-18(23)14-5-3-13(4-6-14)10-21-27(24,25)15-7-8-17(20)16(19)9-15/h3-9,12,21H,10H2,1-2H3/t12-/m1/s1. The lowest BCUT2D eigenvalue weighted by Gasteiger charge is -2.11. The first-order chi connectivity index (χ1) is 12.6. The van der Waals surface area contributed by atoms with Crippen molar-refractivity contribution >= 4 is 33.4 Å². The van der Waals surface area contributed by atoms with Crippen molar-refractivity contribution in [3.8, 4) is 0 Å². The number of halogens is 2. The molecule has 0 aliphatic carbocycles. The van der Waals surface area contributed by atoms with E-state index in [9.17, 15) is 22.4 Å². The van der Waals surface area contributed by atoms with Crippen LogP contribution in [0.25, 0.3) is 0 Å². The summed E-state index contributed by atoms with van der Waals surface area (Å²) in [5.41, 5.74) is 0.822. The molecule has 9 heteroatoms. The molecule has 27 heavy (non-hydrogen) atoms. The second kappa shape index (κ2) is 8.60. The third-order valence-corrected chi connectivity index (χ3v) is 5.40. The van der Waals surface area contributed by atoms with E-state index in [1.54, 1.807) is 12.1 Å². The highest BCUT2D eigenvalue weighted by molar-refractivity contribution is 7.89. The molecular formula is C18H17ClFNO5S. The van der Waals surface area contributed by atoms with E-state index in [0.717, 1.165) is 18.2 Å². The zero-order valence-electron chi connectivity index (χ0n) is 14.5. The number of carbonyl (C=O) groups excluding carboxylic acids is 2. The van der Waals surface area contributed by atoms with E-state index >= 15 is 0 Å².